The van der Waals surface area contributed by atoms with E-state index in [4.69, 9.17) is 16.3 Å². The molecule has 0 saturated carbocycles. The van der Waals surface area contributed by atoms with Crippen LogP contribution < -0.4 is 20.4 Å². The molecule has 0 atom stereocenters. The molecule has 0 spiro atoms. The van der Waals surface area contributed by atoms with E-state index in [1.54, 1.807) is 12.1 Å². The van der Waals surface area contributed by atoms with E-state index in [-0.39, 0.29) is 18.9 Å². The van der Waals surface area contributed by atoms with Crippen molar-refractivity contribution in [3.63, 3.8) is 0 Å². The predicted octanol–water partition coefficient (Wildman–Crippen LogP) is 1.38. The first kappa shape index (κ1) is 18.2. The Hall–Kier alpha value is -3.59. The Morgan fingerprint density at radius 2 is 1.67 bits per heavy atom. The molecular formula is C18H19FN8. The van der Waals surface area contributed by atoms with Gasteiger partial charge in [0.25, 0.3) is 0 Å². The second-order valence-corrected chi connectivity index (χ2v) is 6.03. The summed E-state index contributed by atoms with van der Waals surface area (Å²) in [6.07, 6.45) is 1.38. The van der Waals surface area contributed by atoms with E-state index in [0.29, 0.717) is 49.2 Å². The van der Waals surface area contributed by atoms with Gasteiger partial charge in [-0.25, -0.2) is 14.4 Å². The van der Waals surface area contributed by atoms with Crippen LogP contribution >= 0.6 is 0 Å². The Morgan fingerprint density at radius 3 is 2.30 bits per heavy atom. The summed E-state index contributed by atoms with van der Waals surface area (Å²) in [7, 11) is 0. The number of para-hydroxylation sites is 1. The first-order valence-corrected chi connectivity index (χ1v) is 8.49. The van der Waals surface area contributed by atoms with E-state index < -0.39 is 0 Å². The van der Waals surface area contributed by atoms with Gasteiger partial charge < -0.3 is 20.4 Å². The molecule has 0 radical (unpaired) electrons. The minimum absolute atomic E-state index is 0.00920. The minimum atomic E-state index is -0.238. The number of nitriles is 2. The van der Waals surface area contributed by atoms with Crippen molar-refractivity contribution in [2.45, 2.75) is 0 Å². The zero-order valence-electron chi connectivity index (χ0n) is 14.7. The van der Waals surface area contributed by atoms with Crippen LogP contribution in [0.3, 0.4) is 0 Å². The Morgan fingerprint density at radius 1 is 1.04 bits per heavy atom. The SMILES string of the molecule is N#CCN(CC#N)c1ncnc(N2CCN(c3ccccc3F)CC2)c1N. The molecule has 0 bridgehead atoms. The molecule has 3 rings (SSSR count). The molecule has 2 aromatic rings. The molecule has 1 aromatic carbocycles. The molecule has 2 heterocycles. The molecule has 2 N–H and O–H groups in total. The van der Waals surface area contributed by atoms with Gasteiger partial charge in [-0.15, -0.1) is 0 Å². The van der Waals surface area contributed by atoms with Gasteiger partial charge in [0, 0.05) is 26.2 Å². The third kappa shape index (κ3) is 3.82. The summed E-state index contributed by atoms with van der Waals surface area (Å²) in [6, 6.07) is 10.7. The Bertz CT molecular complexity index is 864. The van der Waals surface area contributed by atoms with Gasteiger partial charge in [0.15, 0.2) is 11.6 Å². The number of aromatic nitrogens is 2. The van der Waals surface area contributed by atoms with E-state index in [0.717, 1.165) is 0 Å². The monoisotopic (exact) mass is 366 g/mol. The number of hydrogen-bond donors (Lipinski definition) is 1. The van der Waals surface area contributed by atoms with Crippen LogP contribution in [0.2, 0.25) is 0 Å². The summed E-state index contributed by atoms with van der Waals surface area (Å²) in [5, 5.41) is 17.9. The highest BCUT2D eigenvalue weighted by molar-refractivity contribution is 5.76. The number of hydrogen-bond acceptors (Lipinski definition) is 8. The molecule has 8 nitrogen and oxygen atoms in total. The van der Waals surface area contributed by atoms with Crippen LogP contribution in [-0.4, -0.2) is 49.2 Å². The van der Waals surface area contributed by atoms with Crippen molar-refractivity contribution >= 4 is 23.0 Å². The Kier molecular flexibility index (Phi) is 5.53. The number of nitrogens with two attached hydrogens (primary N) is 1. The minimum Gasteiger partial charge on any atom is -0.393 e. The lowest BCUT2D eigenvalue weighted by Crippen LogP contribution is -2.47. The molecule has 0 unspecified atom stereocenters. The molecule has 1 aromatic heterocycles. The van der Waals surface area contributed by atoms with Crippen LogP contribution in [0.1, 0.15) is 0 Å². The van der Waals surface area contributed by atoms with Gasteiger partial charge in [0.05, 0.1) is 17.8 Å². The van der Waals surface area contributed by atoms with Crippen molar-refractivity contribution in [2.24, 2.45) is 0 Å². The van der Waals surface area contributed by atoms with Gasteiger partial charge in [-0.05, 0) is 12.1 Å². The average molecular weight is 366 g/mol. The highest BCUT2D eigenvalue weighted by atomic mass is 19.1. The molecule has 0 aliphatic carbocycles. The van der Waals surface area contributed by atoms with E-state index in [1.165, 1.54) is 17.3 Å². The summed E-state index contributed by atoms with van der Waals surface area (Å²) < 4.78 is 14.0. The number of piperazine rings is 1. The van der Waals surface area contributed by atoms with E-state index >= 15 is 0 Å². The first-order valence-electron chi connectivity index (χ1n) is 8.49. The van der Waals surface area contributed by atoms with Crippen LogP contribution in [0.4, 0.5) is 27.4 Å². The van der Waals surface area contributed by atoms with E-state index in [2.05, 4.69) is 9.97 Å². The predicted molar refractivity (Wildman–Crippen MR) is 101 cm³/mol. The second kappa shape index (κ2) is 8.19. The number of nitrogens with zero attached hydrogens (tertiary/aromatic N) is 7. The highest BCUT2D eigenvalue weighted by Gasteiger charge is 2.24. The van der Waals surface area contributed by atoms with Crippen molar-refractivity contribution in [3.8, 4) is 12.1 Å². The fraction of sp³-hybridized carbons (Fsp3) is 0.333. The summed E-state index contributed by atoms with van der Waals surface area (Å²) in [5.41, 5.74) is 7.17. The lowest BCUT2D eigenvalue weighted by molar-refractivity contribution is 0.596. The summed E-state index contributed by atoms with van der Waals surface area (Å²) in [5.74, 6) is 0.701. The largest absolute Gasteiger partial charge is 0.393 e. The zero-order valence-corrected chi connectivity index (χ0v) is 14.7. The van der Waals surface area contributed by atoms with Gasteiger partial charge in [-0.2, -0.15) is 10.5 Å². The molecule has 1 aliphatic rings. The van der Waals surface area contributed by atoms with Gasteiger partial charge in [0.2, 0.25) is 0 Å². The number of anilines is 4. The van der Waals surface area contributed by atoms with E-state index in [9.17, 15) is 4.39 Å². The summed E-state index contributed by atoms with van der Waals surface area (Å²) in [4.78, 5) is 13.9. The average Bonchev–Trinajstić information content (AvgIpc) is 2.69. The first-order chi connectivity index (χ1) is 13.2. The van der Waals surface area contributed by atoms with Crippen molar-refractivity contribution in [3.05, 3.63) is 36.4 Å². The van der Waals surface area contributed by atoms with Gasteiger partial charge in [0.1, 0.15) is 30.9 Å². The molecular weight excluding hydrogens is 347 g/mol. The van der Waals surface area contributed by atoms with Crippen LogP contribution in [0.15, 0.2) is 30.6 Å². The molecule has 27 heavy (non-hydrogen) atoms. The normalized spacial score (nSPS) is 13.7. The van der Waals surface area contributed by atoms with Gasteiger partial charge in [-0.1, -0.05) is 12.1 Å². The third-order valence-corrected chi connectivity index (χ3v) is 4.44. The van der Waals surface area contributed by atoms with Crippen molar-refractivity contribution in [2.75, 3.05) is 59.7 Å². The fourth-order valence-corrected chi connectivity index (χ4v) is 3.13. The smallest absolute Gasteiger partial charge is 0.159 e. The maximum Gasteiger partial charge on any atom is 0.159 e. The number of rotatable bonds is 5. The maximum absolute atomic E-state index is 14.0. The van der Waals surface area contributed by atoms with Gasteiger partial charge >= 0.3 is 0 Å². The molecule has 9 heteroatoms. The lowest BCUT2D eigenvalue weighted by Gasteiger charge is -2.37. The molecule has 0 amide bonds. The van der Waals surface area contributed by atoms with Gasteiger partial charge in [-0.3, -0.25) is 0 Å². The number of halogens is 1. The van der Waals surface area contributed by atoms with Crippen LogP contribution in [0.25, 0.3) is 0 Å². The van der Waals surface area contributed by atoms with E-state index in [1.807, 2.05) is 28.0 Å². The standard InChI is InChI=1S/C18H19FN8/c19-14-3-1-2-4-15(14)25-9-11-27(12-10-25)18-16(22)17(23-13-24-18)26(7-5-20)8-6-21/h1-4,13H,7-12,22H2. The van der Waals surface area contributed by atoms with Crippen LogP contribution in [0.5, 0.6) is 0 Å². The topological polar surface area (TPSA) is 109 Å². The Balaban J connectivity index is 1.77. The summed E-state index contributed by atoms with van der Waals surface area (Å²) in [6.45, 7) is 2.50. The third-order valence-electron chi connectivity index (χ3n) is 4.44. The lowest BCUT2D eigenvalue weighted by atomic mass is 10.2. The molecule has 1 saturated heterocycles. The fourth-order valence-electron chi connectivity index (χ4n) is 3.13. The highest BCUT2D eigenvalue weighted by Crippen LogP contribution is 2.30. The Labute approximate surface area is 156 Å². The molecule has 138 valence electrons. The quantitative estimate of drug-likeness (QED) is 0.791. The number of benzene rings is 1. The second-order valence-electron chi connectivity index (χ2n) is 6.03. The summed E-state index contributed by atoms with van der Waals surface area (Å²) >= 11 is 0. The van der Waals surface area contributed by atoms with Crippen molar-refractivity contribution in [1.82, 2.24) is 9.97 Å². The number of nitrogen functional groups attached to an aromatic ring is 1. The van der Waals surface area contributed by atoms with Crippen molar-refractivity contribution in [1.29, 1.82) is 10.5 Å². The zero-order chi connectivity index (χ0) is 19.2. The maximum atomic E-state index is 14.0. The molecule has 1 fully saturated rings. The van der Waals surface area contributed by atoms with Crippen LogP contribution in [-0.2, 0) is 0 Å². The van der Waals surface area contributed by atoms with Crippen LogP contribution in [0, 0.1) is 28.5 Å². The molecule has 1 aliphatic heterocycles. The van der Waals surface area contributed by atoms with Crippen molar-refractivity contribution < 1.29 is 4.39 Å².